The summed E-state index contributed by atoms with van der Waals surface area (Å²) in [6.45, 7) is -0.373. The fourth-order valence-corrected chi connectivity index (χ4v) is 8.20. The van der Waals surface area contributed by atoms with Gasteiger partial charge in [-0.05, 0) is 42.0 Å². The second kappa shape index (κ2) is 10.8. The lowest BCUT2D eigenvalue weighted by molar-refractivity contribution is -0.137. The van der Waals surface area contributed by atoms with Crippen LogP contribution in [0.1, 0.15) is 21.9 Å². The second-order valence-electron chi connectivity index (χ2n) is 9.66. The first-order valence-electron chi connectivity index (χ1n) is 12.6. The number of carbonyl (C=O) groups is 3. The first-order valence-corrected chi connectivity index (χ1v) is 14.7. The molecule has 7 nitrogen and oxygen atoms in total. The first kappa shape index (κ1) is 28.3. The van der Waals surface area contributed by atoms with Crippen LogP contribution in [0.5, 0.6) is 0 Å². The molecule has 1 saturated heterocycles. The monoisotopic (exact) mass is 629 g/mol. The molecule has 1 N–H and O–H groups in total. The predicted octanol–water partition coefficient (Wildman–Crippen LogP) is 6.02. The predicted molar refractivity (Wildman–Crippen MR) is 154 cm³/mol. The van der Waals surface area contributed by atoms with E-state index in [4.69, 9.17) is 11.6 Å². The molecule has 0 bridgehead atoms. The van der Waals surface area contributed by atoms with Gasteiger partial charge in [0.15, 0.2) is 0 Å². The molecule has 0 aliphatic carbocycles. The molecule has 13 heteroatoms. The van der Waals surface area contributed by atoms with E-state index < -0.39 is 57.1 Å². The number of fused-ring (bicyclic) bond motifs is 2. The maximum atomic E-state index is 13.9. The molecular weight excluding hydrogens is 611 g/mol. The first-order chi connectivity index (χ1) is 20.0. The van der Waals surface area contributed by atoms with Gasteiger partial charge in [-0.3, -0.25) is 23.7 Å². The van der Waals surface area contributed by atoms with Crippen molar-refractivity contribution in [1.82, 2.24) is 4.57 Å². The van der Waals surface area contributed by atoms with E-state index in [2.05, 4.69) is 5.32 Å². The highest BCUT2D eigenvalue weighted by atomic mass is 35.5. The van der Waals surface area contributed by atoms with E-state index >= 15 is 0 Å². The van der Waals surface area contributed by atoms with Crippen molar-refractivity contribution in [1.29, 1.82) is 0 Å². The van der Waals surface area contributed by atoms with Crippen LogP contribution in [0, 0.1) is 5.92 Å². The number of imide groups is 1. The molecule has 0 spiro atoms. The van der Waals surface area contributed by atoms with Crippen LogP contribution >= 0.6 is 34.7 Å². The van der Waals surface area contributed by atoms with Gasteiger partial charge in [0, 0.05) is 21.5 Å². The topological polar surface area (TPSA) is 88.5 Å². The lowest BCUT2D eigenvalue weighted by atomic mass is 9.83. The zero-order chi connectivity index (χ0) is 29.8. The van der Waals surface area contributed by atoms with Crippen LogP contribution in [0.4, 0.5) is 24.5 Å². The van der Waals surface area contributed by atoms with Gasteiger partial charge in [0.2, 0.25) is 17.7 Å². The lowest BCUT2D eigenvalue weighted by Crippen LogP contribution is -2.33. The Morgan fingerprint density at radius 1 is 0.905 bits per heavy atom. The number of thiazole rings is 1. The maximum absolute atomic E-state index is 13.9. The van der Waals surface area contributed by atoms with Crippen molar-refractivity contribution < 1.29 is 27.6 Å². The Morgan fingerprint density at radius 2 is 1.57 bits per heavy atom. The number of thioether (sulfide) groups is 1. The van der Waals surface area contributed by atoms with Crippen LogP contribution in [-0.4, -0.2) is 27.5 Å². The highest BCUT2D eigenvalue weighted by Crippen LogP contribution is 2.54. The molecule has 2 aliphatic rings. The van der Waals surface area contributed by atoms with Gasteiger partial charge in [0.25, 0.3) is 0 Å². The third kappa shape index (κ3) is 4.93. The summed E-state index contributed by atoms with van der Waals surface area (Å²) in [5.41, 5.74) is -0.547. The molecule has 42 heavy (non-hydrogen) atoms. The summed E-state index contributed by atoms with van der Waals surface area (Å²) in [6, 6.07) is 19.6. The van der Waals surface area contributed by atoms with Crippen molar-refractivity contribution in [3.63, 3.8) is 0 Å². The molecule has 2 aliphatic heterocycles. The number of halogens is 4. The molecule has 4 aromatic rings. The summed E-state index contributed by atoms with van der Waals surface area (Å²) in [6.07, 6.45) is -4.80. The molecule has 6 rings (SSSR count). The fraction of sp³-hybridized carbons (Fsp3) is 0.172. The number of hydrogen-bond donors (Lipinski definition) is 1. The van der Waals surface area contributed by atoms with Gasteiger partial charge in [0.05, 0.1) is 22.2 Å². The van der Waals surface area contributed by atoms with Crippen LogP contribution in [0.25, 0.3) is 0 Å². The SMILES string of the molecule is O=C(Cn1c2c(sc1=O)[C@@H](c1ccccc1)[C@@H]1C(=O)N(c3ccccc3C(F)(F)F)C(=O)[C@@H]1S2)Nc1ccc(Cl)cc1. The minimum atomic E-state index is -4.80. The highest BCUT2D eigenvalue weighted by molar-refractivity contribution is 8.00. The minimum absolute atomic E-state index is 0.332. The van der Waals surface area contributed by atoms with E-state index in [1.165, 1.54) is 16.7 Å². The summed E-state index contributed by atoms with van der Waals surface area (Å²) in [7, 11) is 0. The smallest absolute Gasteiger partial charge is 0.325 e. The highest BCUT2D eigenvalue weighted by Gasteiger charge is 2.57. The Morgan fingerprint density at radius 3 is 2.26 bits per heavy atom. The number of nitrogens with zero attached hydrogens (tertiary/aromatic N) is 2. The molecule has 3 heterocycles. The molecule has 214 valence electrons. The molecule has 1 fully saturated rings. The van der Waals surface area contributed by atoms with Gasteiger partial charge in [-0.1, -0.05) is 77.2 Å². The summed E-state index contributed by atoms with van der Waals surface area (Å²) in [5.74, 6) is -3.94. The minimum Gasteiger partial charge on any atom is -0.325 e. The van der Waals surface area contributed by atoms with E-state index in [1.54, 1.807) is 54.6 Å². The number of benzene rings is 3. The average Bonchev–Trinajstić information content (AvgIpc) is 3.40. The van der Waals surface area contributed by atoms with Crippen LogP contribution in [0.15, 0.2) is 88.7 Å². The summed E-state index contributed by atoms with van der Waals surface area (Å²) in [4.78, 5) is 54.4. The Hall–Kier alpha value is -3.87. The van der Waals surface area contributed by atoms with Gasteiger partial charge < -0.3 is 5.32 Å². The summed E-state index contributed by atoms with van der Waals surface area (Å²) < 4.78 is 42.9. The summed E-state index contributed by atoms with van der Waals surface area (Å²) in [5, 5.41) is 2.40. The number of anilines is 2. The van der Waals surface area contributed by atoms with Gasteiger partial charge in [0.1, 0.15) is 11.8 Å². The Balaban J connectivity index is 1.41. The van der Waals surface area contributed by atoms with Crippen molar-refractivity contribution in [3.8, 4) is 0 Å². The maximum Gasteiger partial charge on any atom is 0.418 e. The van der Waals surface area contributed by atoms with Crippen LogP contribution < -0.4 is 15.1 Å². The Kier molecular flexibility index (Phi) is 7.24. The van der Waals surface area contributed by atoms with E-state index in [9.17, 15) is 32.3 Å². The molecule has 0 radical (unpaired) electrons. The van der Waals surface area contributed by atoms with E-state index in [0.29, 0.717) is 31.1 Å². The normalized spacial score (nSPS) is 19.9. The molecule has 3 amide bonds. The van der Waals surface area contributed by atoms with Crippen molar-refractivity contribution in [3.05, 3.63) is 110 Å². The van der Waals surface area contributed by atoms with Crippen molar-refractivity contribution in [2.24, 2.45) is 5.92 Å². The summed E-state index contributed by atoms with van der Waals surface area (Å²) >= 11 is 7.69. The number of hydrogen-bond acceptors (Lipinski definition) is 6. The quantitative estimate of drug-likeness (QED) is 0.273. The average molecular weight is 630 g/mol. The Bertz CT molecular complexity index is 1770. The number of aromatic nitrogens is 1. The van der Waals surface area contributed by atoms with Crippen molar-refractivity contribution in [2.45, 2.75) is 28.9 Å². The van der Waals surface area contributed by atoms with Crippen LogP contribution in [0.3, 0.4) is 0 Å². The van der Waals surface area contributed by atoms with Gasteiger partial charge >= 0.3 is 11.0 Å². The van der Waals surface area contributed by atoms with E-state index in [1.807, 2.05) is 0 Å². The largest absolute Gasteiger partial charge is 0.418 e. The molecular formula is C29H19ClF3N3O4S2. The van der Waals surface area contributed by atoms with Gasteiger partial charge in [-0.15, -0.1) is 0 Å². The molecule has 0 unspecified atom stereocenters. The zero-order valence-electron chi connectivity index (χ0n) is 21.3. The van der Waals surface area contributed by atoms with Crippen LogP contribution in [0.2, 0.25) is 5.02 Å². The van der Waals surface area contributed by atoms with Crippen molar-refractivity contribution in [2.75, 3.05) is 10.2 Å². The molecule has 0 saturated carbocycles. The number of carbonyl (C=O) groups excluding carboxylic acids is 3. The lowest BCUT2D eigenvalue weighted by Gasteiger charge is -2.30. The van der Waals surface area contributed by atoms with E-state index in [0.717, 1.165) is 35.2 Å². The Labute approximate surface area is 249 Å². The third-order valence-corrected chi connectivity index (χ3v) is 9.94. The van der Waals surface area contributed by atoms with Gasteiger partial charge in [-0.2, -0.15) is 13.2 Å². The third-order valence-electron chi connectivity index (χ3n) is 7.09. The van der Waals surface area contributed by atoms with E-state index in [-0.39, 0.29) is 6.54 Å². The number of nitrogens with one attached hydrogen (secondary N) is 1. The van der Waals surface area contributed by atoms with Crippen molar-refractivity contribution >= 4 is 63.8 Å². The molecule has 3 atom stereocenters. The molecule has 1 aromatic heterocycles. The van der Waals surface area contributed by atoms with Gasteiger partial charge in [-0.25, -0.2) is 4.90 Å². The number of amides is 3. The number of para-hydroxylation sites is 1. The number of rotatable bonds is 5. The fourth-order valence-electron chi connectivity index (χ4n) is 5.30. The zero-order valence-corrected chi connectivity index (χ0v) is 23.7. The second-order valence-corrected chi connectivity index (χ2v) is 12.2. The molecule has 3 aromatic carbocycles. The number of alkyl halides is 3. The standard InChI is InChI=1S/C29H19ClF3N3O4S2/c30-16-10-12-17(13-11-16)34-20(37)14-35-27-24(42-28(35)40)21(15-6-2-1-3-7-15)22-23(41-27)26(39)36(25(22)38)19-9-5-4-8-18(19)29(31,32)33/h1-13,21-23H,14H2,(H,34,37)/t21-,22-,23+/m0/s1. The van der Waals surface area contributed by atoms with Crippen LogP contribution in [-0.2, 0) is 27.1 Å².